The largest absolute Gasteiger partial charge is 0.492 e. The Morgan fingerprint density at radius 1 is 1.15 bits per heavy atom. The summed E-state index contributed by atoms with van der Waals surface area (Å²) in [5, 5.41) is 0. The minimum atomic E-state index is -3.67. The predicted octanol–water partition coefficient (Wildman–Crippen LogP) is 3.18. The van der Waals surface area contributed by atoms with Crippen LogP contribution in [0.4, 0.5) is 0 Å². The summed E-state index contributed by atoms with van der Waals surface area (Å²) in [6.45, 7) is 6.77. The van der Waals surface area contributed by atoms with Gasteiger partial charge in [0.1, 0.15) is 11.3 Å². The summed E-state index contributed by atoms with van der Waals surface area (Å²) in [6.07, 6.45) is -0.345. The lowest BCUT2D eigenvalue weighted by atomic mass is 10.2. The average Bonchev–Trinajstić information content (AvgIpc) is 3.09. The van der Waals surface area contributed by atoms with Crippen molar-refractivity contribution in [3.8, 4) is 5.75 Å². The van der Waals surface area contributed by atoms with Gasteiger partial charge in [0.15, 0.2) is 4.80 Å². The van der Waals surface area contributed by atoms with E-state index in [1.807, 2.05) is 50.6 Å². The summed E-state index contributed by atoms with van der Waals surface area (Å²) >= 11 is 1.39. The number of carbonyl (C=O) groups is 1. The van der Waals surface area contributed by atoms with E-state index in [9.17, 15) is 13.2 Å². The van der Waals surface area contributed by atoms with Crippen LogP contribution in [0, 0.1) is 0 Å². The van der Waals surface area contributed by atoms with E-state index in [0.29, 0.717) is 30.1 Å². The maximum atomic E-state index is 13.0. The van der Waals surface area contributed by atoms with Gasteiger partial charge >= 0.3 is 0 Å². The van der Waals surface area contributed by atoms with Crippen molar-refractivity contribution in [2.45, 2.75) is 37.9 Å². The van der Waals surface area contributed by atoms with Crippen molar-refractivity contribution < 1.29 is 22.7 Å². The maximum absolute atomic E-state index is 13.0. The number of para-hydroxylation sites is 1. The number of morpholine rings is 1. The van der Waals surface area contributed by atoms with Crippen LogP contribution in [0.25, 0.3) is 10.2 Å². The van der Waals surface area contributed by atoms with Gasteiger partial charge in [-0.15, -0.1) is 0 Å². The SMILES string of the molecule is CCOc1cccc2sc(=NC(=O)c3ccc(S(=O)(=O)N4C[C@@H](C)O[C@@H](C)C4)cc3)n(C)c12. The zero-order valence-electron chi connectivity index (χ0n) is 19.0. The van der Waals surface area contributed by atoms with Gasteiger partial charge in [-0.3, -0.25) is 4.79 Å². The Morgan fingerprint density at radius 2 is 1.82 bits per heavy atom. The number of benzene rings is 2. The van der Waals surface area contributed by atoms with E-state index in [-0.39, 0.29) is 17.1 Å². The minimum absolute atomic E-state index is 0.147. The Bertz CT molecular complexity index is 1330. The van der Waals surface area contributed by atoms with Gasteiger partial charge in [0.2, 0.25) is 10.0 Å². The van der Waals surface area contributed by atoms with Crippen LogP contribution in [0.3, 0.4) is 0 Å². The maximum Gasteiger partial charge on any atom is 0.279 e. The smallest absolute Gasteiger partial charge is 0.279 e. The van der Waals surface area contributed by atoms with Gasteiger partial charge in [0.05, 0.1) is 28.4 Å². The number of sulfonamides is 1. The van der Waals surface area contributed by atoms with Gasteiger partial charge in [0.25, 0.3) is 5.91 Å². The first-order valence-corrected chi connectivity index (χ1v) is 13.0. The van der Waals surface area contributed by atoms with E-state index >= 15 is 0 Å². The van der Waals surface area contributed by atoms with Gasteiger partial charge in [-0.25, -0.2) is 8.42 Å². The lowest BCUT2D eigenvalue weighted by Gasteiger charge is -2.34. The quantitative estimate of drug-likeness (QED) is 0.549. The minimum Gasteiger partial charge on any atom is -0.492 e. The molecule has 2 atom stereocenters. The molecule has 2 aromatic carbocycles. The molecule has 1 aliphatic rings. The molecule has 8 nitrogen and oxygen atoms in total. The Kier molecular flexibility index (Phi) is 6.71. The molecule has 0 N–H and O–H groups in total. The van der Waals surface area contributed by atoms with E-state index in [1.54, 1.807) is 0 Å². The molecule has 1 aliphatic heterocycles. The molecular formula is C23H27N3O5S2. The van der Waals surface area contributed by atoms with Crippen LogP contribution >= 0.6 is 11.3 Å². The van der Waals surface area contributed by atoms with Crippen LogP contribution in [0.15, 0.2) is 52.4 Å². The highest BCUT2D eigenvalue weighted by Crippen LogP contribution is 2.27. The van der Waals surface area contributed by atoms with Crippen molar-refractivity contribution in [3.05, 3.63) is 52.8 Å². The molecule has 0 spiro atoms. The third-order valence-electron chi connectivity index (χ3n) is 5.41. The molecule has 3 aromatic rings. The predicted molar refractivity (Wildman–Crippen MR) is 127 cm³/mol. The first-order valence-electron chi connectivity index (χ1n) is 10.8. The molecule has 176 valence electrons. The molecule has 0 bridgehead atoms. The molecule has 2 heterocycles. The number of nitrogens with zero attached hydrogens (tertiary/aromatic N) is 3. The average molecular weight is 490 g/mol. The summed E-state index contributed by atoms with van der Waals surface area (Å²) in [5.74, 6) is 0.302. The number of aromatic nitrogens is 1. The monoisotopic (exact) mass is 489 g/mol. The molecule has 0 aliphatic carbocycles. The molecule has 33 heavy (non-hydrogen) atoms. The Balaban J connectivity index is 1.61. The van der Waals surface area contributed by atoms with Crippen LogP contribution in [-0.2, 0) is 21.8 Å². The summed E-state index contributed by atoms with van der Waals surface area (Å²) in [7, 11) is -1.83. The highest BCUT2D eigenvalue weighted by molar-refractivity contribution is 7.89. The molecule has 10 heteroatoms. The molecule has 1 saturated heterocycles. The van der Waals surface area contributed by atoms with E-state index in [2.05, 4.69) is 4.99 Å². The lowest BCUT2D eigenvalue weighted by molar-refractivity contribution is -0.0440. The zero-order valence-corrected chi connectivity index (χ0v) is 20.6. The number of fused-ring (bicyclic) bond motifs is 1. The van der Waals surface area contributed by atoms with Crippen molar-refractivity contribution in [2.24, 2.45) is 12.0 Å². The highest BCUT2D eigenvalue weighted by atomic mass is 32.2. The number of amides is 1. The zero-order chi connectivity index (χ0) is 23.8. The first-order chi connectivity index (χ1) is 15.7. The second-order valence-corrected chi connectivity index (χ2v) is 10.9. The molecule has 1 aromatic heterocycles. The van der Waals surface area contributed by atoms with Crippen molar-refractivity contribution >= 4 is 37.5 Å². The van der Waals surface area contributed by atoms with Gasteiger partial charge in [0, 0.05) is 25.7 Å². The fourth-order valence-electron chi connectivity index (χ4n) is 3.94. The van der Waals surface area contributed by atoms with Crippen molar-refractivity contribution in [3.63, 3.8) is 0 Å². The Hall–Kier alpha value is -2.53. The number of aryl methyl sites for hydroxylation is 1. The summed E-state index contributed by atoms with van der Waals surface area (Å²) in [4.78, 5) is 17.8. The fraction of sp³-hybridized carbons (Fsp3) is 0.391. The number of carbonyl (C=O) groups excluding carboxylic acids is 1. The number of rotatable bonds is 5. The van der Waals surface area contributed by atoms with Gasteiger partial charge in [-0.1, -0.05) is 17.4 Å². The summed E-state index contributed by atoms with van der Waals surface area (Å²) in [5.41, 5.74) is 1.20. The van der Waals surface area contributed by atoms with Crippen LogP contribution in [0.2, 0.25) is 0 Å². The molecule has 1 amide bonds. The fourth-order valence-corrected chi connectivity index (χ4v) is 6.57. The number of hydrogen-bond acceptors (Lipinski definition) is 6. The van der Waals surface area contributed by atoms with Crippen molar-refractivity contribution in [2.75, 3.05) is 19.7 Å². The first kappa shape index (κ1) is 23.6. The van der Waals surface area contributed by atoms with E-state index in [0.717, 1.165) is 16.0 Å². The van der Waals surface area contributed by atoms with Crippen molar-refractivity contribution in [1.82, 2.24) is 8.87 Å². The molecular weight excluding hydrogens is 462 g/mol. The lowest BCUT2D eigenvalue weighted by Crippen LogP contribution is -2.48. The van der Waals surface area contributed by atoms with Crippen LogP contribution < -0.4 is 9.54 Å². The molecule has 0 radical (unpaired) electrons. The third-order valence-corrected chi connectivity index (χ3v) is 8.35. The highest BCUT2D eigenvalue weighted by Gasteiger charge is 2.32. The normalized spacial score (nSPS) is 20.3. The number of thiazole rings is 1. The molecule has 4 rings (SSSR count). The molecule has 1 fully saturated rings. The second-order valence-electron chi connectivity index (χ2n) is 8.00. The Morgan fingerprint density at radius 3 is 2.45 bits per heavy atom. The van der Waals surface area contributed by atoms with Gasteiger partial charge < -0.3 is 14.0 Å². The topological polar surface area (TPSA) is 90.2 Å². The van der Waals surface area contributed by atoms with Crippen LogP contribution in [0.5, 0.6) is 5.75 Å². The standard InChI is InChI=1S/C23H27N3O5S2/c1-5-30-19-7-6-8-20-21(19)25(4)23(32-20)24-22(27)17-9-11-18(12-10-17)33(28,29)26-13-15(2)31-16(3)14-26/h6-12,15-16H,5,13-14H2,1-4H3/t15-,16+. The van der Waals surface area contributed by atoms with E-state index in [1.165, 1.54) is 39.9 Å². The molecule has 0 saturated carbocycles. The van der Waals surface area contributed by atoms with Gasteiger partial charge in [-0.05, 0) is 57.2 Å². The van der Waals surface area contributed by atoms with E-state index < -0.39 is 15.9 Å². The number of hydrogen-bond donors (Lipinski definition) is 0. The third kappa shape index (κ3) is 4.74. The molecule has 0 unspecified atom stereocenters. The van der Waals surface area contributed by atoms with Crippen molar-refractivity contribution in [1.29, 1.82) is 0 Å². The summed E-state index contributed by atoms with van der Waals surface area (Å²) < 4.78 is 41.6. The second kappa shape index (κ2) is 9.38. The van der Waals surface area contributed by atoms with Crippen LogP contribution in [0.1, 0.15) is 31.1 Å². The summed E-state index contributed by atoms with van der Waals surface area (Å²) in [6, 6.07) is 11.7. The Labute approximate surface area is 197 Å². The van der Waals surface area contributed by atoms with Gasteiger partial charge in [-0.2, -0.15) is 9.30 Å². The van der Waals surface area contributed by atoms with E-state index in [4.69, 9.17) is 9.47 Å². The number of ether oxygens (including phenoxy) is 2. The van der Waals surface area contributed by atoms with Crippen LogP contribution in [-0.4, -0.2) is 55.1 Å².